The highest BCUT2D eigenvalue weighted by molar-refractivity contribution is 6.30. The maximum atomic E-state index is 13.8. The first-order valence-electron chi connectivity index (χ1n) is 10.7. The summed E-state index contributed by atoms with van der Waals surface area (Å²) in [4.78, 5) is 5.44. The summed E-state index contributed by atoms with van der Waals surface area (Å²) >= 11 is 6.07. The lowest BCUT2D eigenvalue weighted by Crippen LogP contribution is -2.51. The van der Waals surface area contributed by atoms with Gasteiger partial charge in [0.25, 0.3) is 0 Å². The fourth-order valence-corrected chi connectivity index (χ4v) is 5.32. The average Bonchev–Trinajstić information content (AvgIpc) is 3.05. The van der Waals surface area contributed by atoms with Gasteiger partial charge in [-0.1, -0.05) is 11.6 Å². The van der Waals surface area contributed by atoms with E-state index in [0.29, 0.717) is 23.7 Å². The van der Waals surface area contributed by atoms with Crippen LogP contribution in [0.2, 0.25) is 5.02 Å². The van der Waals surface area contributed by atoms with Crippen molar-refractivity contribution in [1.29, 1.82) is 0 Å². The lowest BCUT2D eigenvalue weighted by Gasteiger charge is -2.46. The minimum atomic E-state index is -0.717. The summed E-state index contributed by atoms with van der Waals surface area (Å²) in [5.41, 5.74) is 2.79. The standard InChI is InChI=1S/C24H26ClFN2O3/c1-14-23(17-11-16(26)3-4-19(17)27-14)21(30)13-28-8-6-24(7-9-28)12-20(29)18-10-15(25)2-5-22(18)31-24/h2-5,10-11,20-21,27,29-30H,6-9,12-13H2,1H3. The van der Waals surface area contributed by atoms with Gasteiger partial charge in [0.1, 0.15) is 17.2 Å². The number of halogens is 2. The lowest BCUT2D eigenvalue weighted by molar-refractivity contribution is -0.0587. The Labute approximate surface area is 185 Å². The van der Waals surface area contributed by atoms with E-state index in [1.165, 1.54) is 12.1 Å². The first kappa shape index (κ1) is 20.8. The van der Waals surface area contributed by atoms with Crippen molar-refractivity contribution in [3.63, 3.8) is 0 Å². The molecule has 0 aliphatic carbocycles. The molecule has 2 atom stereocenters. The van der Waals surface area contributed by atoms with Gasteiger partial charge in [-0.05, 0) is 56.2 Å². The number of ether oxygens (including phenoxy) is 1. The average molecular weight is 445 g/mol. The molecule has 2 aliphatic heterocycles. The number of aliphatic hydroxyl groups is 2. The van der Waals surface area contributed by atoms with Crippen LogP contribution in [0, 0.1) is 12.7 Å². The van der Waals surface area contributed by atoms with Crippen LogP contribution in [0.5, 0.6) is 5.75 Å². The summed E-state index contributed by atoms with van der Waals surface area (Å²) in [7, 11) is 0. The molecular formula is C24H26ClFN2O3. The third kappa shape index (κ3) is 3.82. The number of nitrogens with zero attached hydrogens (tertiary/aromatic N) is 1. The van der Waals surface area contributed by atoms with Crippen molar-refractivity contribution in [3.8, 4) is 5.75 Å². The number of aromatic amines is 1. The maximum absolute atomic E-state index is 13.8. The minimum absolute atomic E-state index is 0.311. The van der Waals surface area contributed by atoms with Crippen LogP contribution in [0.25, 0.3) is 10.9 Å². The Bertz CT molecular complexity index is 1120. The monoisotopic (exact) mass is 444 g/mol. The summed E-state index contributed by atoms with van der Waals surface area (Å²) in [6.45, 7) is 3.88. The molecule has 1 saturated heterocycles. The normalized spacial score (nSPS) is 21.8. The maximum Gasteiger partial charge on any atom is 0.126 e. The van der Waals surface area contributed by atoms with Crippen molar-refractivity contribution < 1.29 is 19.3 Å². The SMILES string of the molecule is Cc1[nH]c2ccc(F)cc2c1C(O)CN1CCC2(CC1)CC(O)c1cc(Cl)ccc1O2. The van der Waals surface area contributed by atoms with Crippen molar-refractivity contribution >= 4 is 22.5 Å². The number of likely N-dealkylation sites (tertiary alicyclic amines) is 1. The molecular weight excluding hydrogens is 419 g/mol. The molecule has 5 rings (SSSR count). The van der Waals surface area contributed by atoms with E-state index in [9.17, 15) is 14.6 Å². The number of benzene rings is 2. The quantitative estimate of drug-likeness (QED) is 0.550. The van der Waals surface area contributed by atoms with E-state index in [-0.39, 0.29) is 5.82 Å². The second kappa shape index (κ2) is 7.78. The molecule has 3 heterocycles. The van der Waals surface area contributed by atoms with E-state index in [4.69, 9.17) is 16.3 Å². The van der Waals surface area contributed by atoms with E-state index in [1.54, 1.807) is 18.2 Å². The molecule has 7 heteroatoms. The molecule has 5 nitrogen and oxygen atoms in total. The smallest absolute Gasteiger partial charge is 0.126 e. The zero-order valence-electron chi connectivity index (χ0n) is 17.4. The van der Waals surface area contributed by atoms with Crippen LogP contribution >= 0.6 is 11.6 Å². The second-order valence-corrected chi connectivity index (χ2v) is 9.29. The number of nitrogens with one attached hydrogen (secondary N) is 1. The Morgan fingerprint density at radius 3 is 2.81 bits per heavy atom. The van der Waals surface area contributed by atoms with Crippen molar-refractivity contribution in [1.82, 2.24) is 9.88 Å². The van der Waals surface area contributed by atoms with Gasteiger partial charge in [-0.15, -0.1) is 0 Å². The largest absolute Gasteiger partial charge is 0.487 e. The van der Waals surface area contributed by atoms with Crippen LogP contribution in [-0.4, -0.2) is 45.3 Å². The van der Waals surface area contributed by atoms with Crippen molar-refractivity contribution in [2.24, 2.45) is 0 Å². The van der Waals surface area contributed by atoms with Crippen molar-refractivity contribution in [3.05, 3.63) is 64.1 Å². The molecule has 0 radical (unpaired) electrons. The van der Waals surface area contributed by atoms with E-state index >= 15 is 0 Å². The highest BCUT2D eigenvalue weighted by atomic mass is 35.5. The van der Waals surface area contributed by atoms with E-state index in [2.05, 4.69) is 9.88 Å². The summed E-state index contributed by atoms with van der Waals surface area (Å²) in [5.74, 6) is 0.391. The first-order valence-corrected chi connectivity index (χ1v) is 11.1. The number of fused-ring (bicyclic) bond motifs is 2. The Morgan fingerprint density at radius 2 is 2.03 bits per heavy atom. The first-order chi connectivity index (χ1) is 14.8. The molecule has 0 amide bonds. The third-order valence-corrected chi connectivity index (χ3v) is 6.99. The van der Waals surface area contributed by atoms with Gasteiger partial charge < -0.3 is 24.8 Å². The number of aliphatic hydroxyl groups excluding tert-OH is 2. The molecule has 31 heavy (non-hydrogen) atoms. The number of β-amino-alcohol motifs (C(OH)–C–C–N with tert-alkyl or cyclic N) is 1. The Kier molecular flexibility index (Phi) is 5.21. The number of hydrogen-bond acceptors (Lipinski definition) is 4. The number of aryl methyl sites for hydroxylation is 1. The van der Waals surface area contributed by atoms with Crippen molar-refractivity contribution in [2.75, 3.05) is 19.6 Å². The van der Waals surface area contributed by atoms with Gasteiger partial charge in [0, 0.05) is 58.8 Å². The van der Waals surface area contributed by atoms with E-state index in [0.717, 1.165) is 53.7 Å². The van der Waals surface area contributed by atoms with Gasteiger partial charge in [0.15, 0.2) is 0 Å². The third-order valence-electron chi connectivity index (χ3n) is 6.75. The zero-order valence-corrected chi connectivity index (χ0v) is 18.1. The molecule has 1 aromatic heterocycles. The fraction of sp³-hybridized carbons (Fsp3) is 0.417. The molecule has 2 aliphatic rings. The summed E-state index contributed by atoms with van der Waals surface area (Å²) in [6, 6.07) is 9.98. The van der Waals surface area contributed by atoms with Crippen LogP contribution in [0.15, 0.2) is 36.4 Å². The molecule has 3 aromatic rings. The van der Waals surface area contributed by atoms with Gasteiger partial charge in [0.2, 0.25) is 0 Å². The fourth-order valence-electron chi connectivity index (χ4n) is 5.14. The highest BCUT2D eigenvalue weighted by Gasteiger charge is 2.43. The van der Waals surface area contributed by atoms with Gasteiger partial charge in [-0.2, -0.15) is 0 Å². The van der Waals surface area contributed by atoms with Crippen LogP contribution in [-0.2, 0) is 0 Å². The summed E-state index contributed by atoms with van der Waals surface area (Å²) in [5, 5.41) is 23.0. The summed E-state index contributed by atoms with van der Waals surface area (Å²) < 4.78 is 20.1. The topological polar surface area (TPSA) is 68.7 Å². The number of aromatic nitrogens is 1. The predicted molar refractivity (Wildman–Crippen MR) is 118 cm³/mol. The number of hydrogen-bond donors (Lipinski definition) is 3. The summed E-state index contributed by atoms with van der Waals surface area (Å²) in [6.07, 6.45) is 0.756. The lowest BCUT2D eigenvalue weighted by atomic mass is 9.81. The zero-order chi connectivity index (χ0) is 21.8. The van der Waals surface area contributed by atoms with Crippen molar-refractivity contribution in [2.45, 2.75) is 44.0 Å². The van der Waals surface area contributed by atoms with Gasteiger partial charge in [-0.3, -0.25) is 0 Å². The molecule has 164 valence electrons. The molecule has 2 unspecified atom stereocenters. The molecule has 3 N–H and O–H groups in total. The minimum Gasteiger partial charge on any atom is -0.487 e. The Balaban J connectivity index is 1.28. The van der Waals surface area contributed by atoms with E-state index in [1.807, 2.05) is 13.0 Å². The molecule has 1 spiro atoms. The Morgan fingerprint density at radius 1 is 1.26 bits per heavy atom. The number of H-pyrrole nitrogens is 1. The van der Waals surface area contributed by atoms with Gasteiger partial charge in [-0.25, -0.2) is 4.39 Å². The molecule has 1 fully saturated rings. The molecule has 2 aromatic carbocycles. The van der Waals surface area contributed by atoms with Crippen LogP contribution in [0.4, 0.5) is 4.39 Å². The van der Waals surface area contributed by atoms with Gasteiger partial charge in [0.05, 0.1) is 12.2 Å². The van der Waals surface area contributed by atoms with Gasteiger partial charge >= 0.3 is 0 Å². The number of piperidine rings is 1. The number of rotatable bonds is 3. The second-order valence-electron chi connectivity index (χ2n) is 8.86. The Hall–Kier alpha value is -2.12. The van der Waals surface area contributed by atoms with Crippen LogP contribution in [0.1, 0.15) is 48.3 Å². The van der Waals surface area contributed by atoms with Crippen LogP contribution < -0.4 is 4.74 Å². The van der Waals surface area contributed by atoms with Crippen LogP contribution in [0.3, 0.4) is 0 Å². The molecule has 0 bridgehead atoms. The van der Waals surface area contributed by atoms with E-state index < -0.39 is 17.8 Å². The predicted octanol–water partition coefficient (Wildman–Crippen LogP) is 4.65. The molecule has 0 saturated carbocycles. The highest BCUT2D eigenvalue weighted by Crippen LogP contribution is 2.45.